The molecule has 0 unspecified atom stereocenters. The van der Waals surface area contributed by atoms with Gasteiger partial charge >= 0.3 is 0 Å². The second-order valence-corrected chi connectivity index (χ2v) is 3.86. The van der Waals surface area contributed by atoms with Gasteiger partial charge in [0, 0.05) is 5.92 Å². The maximum absolute atomic E-state index is 10.9. The van der Waals surface area contributed by atoms with Crippen LogP contribution in [0.25, 0.3) is 0 Å². The molecule has 1 aromatic rings. The Balaban J connectivity index is 0.00000169. The summed E-state index contributed by atoms with van der Waals surface area (Å²) in [5.41, 5.74) is 5.13. The van der Waals surface area contributed by atoms with Crippen molar-refractivity contribution in [1.29, 1.82) is 0 Å². The molecule has 0 aliphatic carbocycles. The van der Waals surface area contributed by atoms with E-state index in [1.54, 1.807) is 0 Å². The molecule has 5 nitrogen and oxygen atoms in total. The largest absolute Gasteiger partial charge is 0.322 e. The third kappa shape index (κ3) is 3.57. The highest BCUT2D eigenvalue weighted by molar-refractivity contribution is 7.15. The van der Waals surface area contributed by atoms with E-state index in [9.17, 15) is 4.79 Å². The normalized spacial score (nSPS) is 9.71. The smallest absolute Gasteiger partial charge is 0.239 e. The second-order valence-electron chi connectivity index (χ2n) is 2.85. The Hall–Kier alpha value is -0.720. The predicted octanol–water partition coefficient (Wildman–Crippen LogP) is 0.980. The molecule has 0 atom stereocenters. The molecule has 0 aromatic carbocycles. The summed E-state index contributed by atoms with van der Waals surface area (Å²) in [5.74, 6) is 0.0903. The number of hydrogen-bond donors (Lipinski definition) is 2. The Labute approximate surface area is 92.5 Å². The summed E-state index contributed by atoms with van der Waals surface area (Å²) in [6.45, 7) is 4.01. The number of carbonyl (C=O) groups is 1. The molecule has 0 aliphatic heterocycles. The topological polar surface area (TPSA) is 80.9 Å². The van der Waals surface area contributed by atoms with Crippen molar-refractivity contribution >= 4 is 34.8 Å². The third-order valence-electron chi connectivity index (χ3n) is 1.37. The zero-order valence-electron chi connectivity index (χ0n) is 7.98. The van der Waals surface area contributed by atoms with E-state index in [-0.39, 0.29) is 24.9 Å². The fraction of sp³-hybridized carbons (Fsp3) is 0.571. The van der Waals surface area contributed by atoms with Crippen molar-refractivity contribution in [3.63, 3.8) is 0 Å². The average Bonchev–Trinajstić information content (AvgIpc) is 2.52. The van der Waals surface area contributed by atoms with Crippen LogP contribution in [0.1, 0.15) is 24.8 Å². The number of carbonyl (C=O) groups excluding carboxylic acids is 1. The van der Waals surface area contributed by atoms with E-state index >= 15 is 0 Å². The molecule has 80 valence electrons. The minimum atomic E-state index is -0.244. The molecule has 0 bridgehead atoms. The molecule has 7 heteroatoms. The van der Waals surface area contributed by atoms with Crippen LogP contribution in [0.2, 0.25) is 0 Å². The lowest BCUT2D eigenvalue weighted by atomic mass is 10.2. The molecule has 0 fully saturated rings. The number of anilines is 1. The van der Waals surface area contributed by atoms with Gasteiger partial charge in [-0.05, 0) is 0 Å². The second kappa shape index (κ2) is 5.90. The van der Waals surface area contributed by atoms with Crippen LogP contribution >= 0.6 is 23.7 Å². The van der Waals surface area contributed by atoms with Gasteiger partial charge in [0.1, 0.15) is 5.01 Å². The van der Waals surface area contributed by atoms with E-state index in [0.717, 1.165) is 5.01 Å². The van der Waals surface area contributed by atoms with Crippen molar-refractivity contribution < 1.29 is 4.79 Å². The zero-order chi connectivity index (χ0) is 9.84. The first-order valence-corrected chi connectivity index (χ1v) is 4.78. The first kappa shape index (κ1) is 13.3. The maximum atomic E-state index is 10.9. The zero-order valence-corrected chi connectivity index (χ0v) is 9.61. The minimum absolute atomic E-state index is 0. The van der Waals surface area contributed by atoms with E-state index in [2.05, 4.69) is 15.5 Å². The lowest BCUT2D eigenvalue weighted by Gasteiger charge is -1.96. The minimum Gasteiger partial charge on any atom is -0.322 e. The van der Waals surface area contributed by atoms with Gasteiger partial charge in [-0.1, -0.05) is 25.2 Å². The van der Waals surface area contributed by atoms with Crippen LogP contribution < -0.4 is 11.1 Å². The van der Waals surface area contributed by atoms with Crippen molar-refractivity contribution in [3.05, 3.63) is 5.01 Å². The van der Waals surface area contributed by atoms with Gasteiger partial charge in [0.2, 0.25) is 11.0 Å². The van der Waals surface area contributed by atoms with Gasteiger partial charge in [-0.25, -0.2) is 0 Å². The first-order chi connectivity index (χ1) is 6.13. The van der Waals surface area contributed by atoms with Gasteiger partial charge in [0.25, 0.3) is 0 Å². The lowest BCUT2D eigenvalue weighted by Crippen LogP contribution is -2.21. The van der Waals surface area contributed by atoms with Crippen LogP contribution in [-0.2, 0) is 4.79 Å². The third-order valence-corrected chi connectivity index (χ3v) is 2.51. The molecular formula is C7H13ClN4OS. The summed E-state index contributed by atoms with van der Waals surface area (Å²) in [5, 5.41) is 11.7. The molecule has 14 heavy (non-hydrogen) atoms. The number of nitrogens with one attached hydrogen (secondary N) is 1. The Morgan fingerprint density at radius 2 is 2.21 bits per heavy atom. The fourth-order valence-corrected chi connectivity index (χ4v) is 1.45. The number of aromatic nitrogens is 2. The van der Waals surface area contributed by atoms with E-state index in [1.165, 1.54) is 11.3 Å². The van der Waals surface area contributed by atoms with Crippen LogP contribution in [0.15, 0.2) is 0 Å². The van der Waals surface area contributed by atoms with Crippen molar-refractivity contribution in [1.82, 2.24) is 10.2 Å². The first-order valence-electron chi connectivity index (χ1n) is 3.96. The molecule has 0 saturated carbocycles. The monoisotopic (exact) mass is 236 g/mol. The molecule has 0 saturated heterocycles. The average molecular weight is 237 g/mol. The molecule has 3 N–H and O–H groups in total. The fourth-order valence-electron chi connectivity index (χ4n) is 0.689. The van der Waals surface area contributed by atoms with E-state index < -0.39 is 0 Å². The molecule has 0 radical (unpaired) electrons. The van der Waals surface area contributed by atoms with E-state index in [4.69, 9.17) is 5.73 Å². The quantitative estimate of drug-likeness (QED) is 0.820. The van der Waals surface area contributed by atoms with Crippen LogP contribution in [0, 0.1) is 0 Å². The Morgan fingerprint density at radius 3 is 2.64 bits per heavy atom. The van der Waals surface area contributed by atoms with E-state index in [0.29, 0.717) is 11.0 Å². The highest BCUT2D eigenvalue weighted by Gasteiger charge is 2.08. The van der Waals surface area contributed by atoms with E-state index in [1.807, 2.05) is 13.8 Å². The highest BCUT2D eigenvalue weighted by atomic mass is 35.5. The van der Waals surface area contributed by atoms with Gasteiger partial charge in [-0.3, -0.25) is 10.1 Å². The molecule has 1 rings (SSSR count). The van der Waals surface area contributed by atoms with Crippen molar-refractivity contribution in [3.8, 4) is 0 Å². The molecule has 1 aromatic heterocycles. The number of halogens is 1. The number of nitrogens with zero attached hydrogens (tertiary/aromatic N) is 2. The van der Waals surface area contributed by atoms with Crippen molar-refractivity contribution in [2.75, 3.05) is 11.9 Å². The Bertz CT molecular complexity index is 302. The maximum Gasteiger partial charge on any atom is 0.239 e. The number of rotatable bonds is 3. The van der Waals surface area contributed by atoms with Gasteiger partial charge in [0.05, 0.1) is 6.54 Å². The van der Waals surface area contributed by atoms with Gasteiger partial charge in [0.15, 0.2) is 0 Å². The van der Waals surface area contributed by atoms with Crippen LogP contribution in [0.3, 0.4) is 0 Å². The highest BCUT2D eigenvalue weighted by Crippen LogP contribution is 2.21. The summed E-state index contributed by atoms with van der Waals surface area (Å²) in [6.07, 6.45) is 0. The number of nitrogens with two attached hydrogens (primary N) is 1. The number of hydrogen-bond acceptors (Lipinski definition) is 5. The summed E-state index contributed by atoms with van der Waals surface area (Å²) in [7, 11) is 0. The molecule has 0 aliphatic rings. The molecule has 1 amide bonds. The Morgan fingerprint density at radius 1 is 1.57 bits per heavy atom. The van der Waals surface area contributed by atoms with Crippen LogP contribution in [0.4, 0.5) is 5.13 Å². The summed E-state index contributed by atoms with van der Waals surface area (Å²) >= 11 is 1.37. The molecular weight excluding hydrogens is 224 g/mol. The number of amides is 1. The van der Waals surface area contributed by atoms with Gasteiger partial charge in [-0.15, -0.1) is 22.6 Å². The van der Waals surface area contributed by atoms with Crippen molar-refractivity contribution in [2.24, 2.45) is 5.73 Å². The van der Waals surface area contributed by atoms with Crippen LogP contribution in [0.5, 0.6) is 0 Å². The standard InChI is InChI=1S/C7H12N4OS.ClH/c1-4(2)6-10-11-7(13-6)9-5(12)3-8;/h4H,3,8H2,1-2H3,(H,9,11,12);1H. The van der Waals surface area contributed by atoms with Crippen LogP contribution in [-0.4, -0.2) is 22.6 Å². The SMILES string of the molecule is CC(C)c1nnc(NC(=O)CN)s1.Cl. The lowest BCUT2D eigenvalue weighted by molar-refractivity contribution is -0.114. The Kier molecular flexibility index (Phi) is 5.59. The van der Waals surface area contributed by atoms with Gasteiger partial charge < -0.3 is 5.73 Å². The van der Waals surface area contributed by atoms with Crippen molar-refractivity contribution in [2.45, 2.75) is 19.8 Å². The summed E-state index contributed by atoms with van der Waals surface area (Å²) in [6, 6.07) is 0. The predicted molar refractivity (Wildman–Crippen MR) is 58.9 cm³/mol. The molecule has 0 spiro atoms. The molecule has 1 heterocycles. The summed E-state index contributed by atoms with van der Waals surface area (Å²) < 4.78 is 0. The summed E-state index contributed by atoms with van der Waals surface area (Å²) in [4.78, 5) is 10.9. The van der Waals surface area contributed by atoms with Gasteiger partial charge in [-0.2, -0.15) is 0 Å².